The Labute approximate surface area is 129 Å². The molecule has 2 aromatic carbocycles. The van der Waals surface area contributed by atoms with Crippen LogP contribution in [0, 0.1) is 17.5 Å². The molecular formula is C13H6Br2ClF3. The van der Waals surface area contributed by atoms with Gasteiger partial charge in [0.1, 0.15) is 0 Å². The molecule has 2 aromatic rings. The van der Waals surface area contributed by atoms with E-state index in [1.165, 1.54) is 0 Å². The summed E-state index contributed by atoms with van der Waals surface area (Å²) in [4.78, 5) is 0. The molecule has 19 heavy (non-hydrogen) atoms. The largest absolute Gasteiger partial charge is 0.204 e. The highest BCUT2D eigenvalue weighted by Gasteiger charge is 2.22. The van der Waals surface area contributed by atoms with Gasteiger partial charge in [0.05, 0.1) is 5.38 Å². The summed E-state index contributed by atoms with van der Waals surface area (Å²) in [5.74, 6) is -4.03. The molecule has 2 rings (SSSR count). The highest BCUT2D eigenvalue weighted by molar-refractivity contribution is 9.11. The van der Waals surface area contributed by atoms with Crippen LogP contribution in [0.5, 0.6) is 0 Å². The second-order valence-corrected chi connectivity index (χ2v) is 6.00. The first kappa shape index (κ1) is 14.9. The van der Waals surface area contributed by atoms with Crippen molar-refractivity contribution in [2.75, 3.05) is 0 Å². The molecule has 0 amide bonds. The number of halogens is 6. The van der Waals surface area contributed by atoms with E-state index in [1.54, 1.807) is 18.2 Å². The summed E-state index contributed by atoms with van der Waals surface area (Å²) in [5.41, 5.74) is 0.445. The molecule has 100 valence electrons. The summed E-state index contributed by atoms with van der Waals surface area (Å²) < 4.78 is 41.2. The van der Waals surface area contributed by atoms with Crippen molar-refractivity contribution in [2.24, 2.45) is 0 Å². The van der Waals surface area contributed by atoms with E-state index in [4.69, 9.17) is 11.6 Å². The Balaban J connectivity index is 2.53. The molecule has 0 aromatic heterocycles. The maximum Gasteiger partial charge on any atom is 0.194 e. The summed E-state index contributed by atoms with van der Waals surface area (Å²) in [6.07, 6.45) is 0. The van der Waals surface area contributed by atoms with Crippen LogP contribution in [0.3, 0.4) is 0 Å². The Morgan fingerprint density at radius 3 is 2.26 bits per heavy atom. The van der Waals surface area contributed by atoms with E-state index in [1.807, 2.05) is 0 Å². The minimum absolute atomic E-state index is 0.112. The van der Waals surface area contributed by atoms with Crippen molar-refractivity contribution in [1.29, 1.82) is 0 Å². The van der Waals surface area contributed by atoms with E-state index < -0.39 is 22.8 Å². The first-order chi connectivity index (χ1) is 8.91. The SMILES string of the molecule is Fc1ccc(C(Cl)c2cc(Br)ccc2Br)c(F)c1F. The van der Waals surface area contributed by atoms with Crippen LogP contribution < -0.4 is 0 Å². The van der Waals surface area contributed by atoms with Crippen LogP contribution in [0.25, 0.3) is 0 Å². The van der Waals surface area contributed by atoms with Crippen molar-refractivity contribution >= 4 is 43.5 Å². The molecule has 1 atom stereocenters. The minimum atomic E-state index is -1.52. The van der Waals surface area contributed by atoms with Gasteiger partial charge in [0.25, 0.3) is 0 Å². The lowest BCUT2D eigenvalue weighted by Crippen LogP contribution is -2.02. The number of alkyl halides is 1. The predicted octanol–water partition coefficient (Wildman–Crippen LogP) is 5.96. The molecule has 0 heterocycles. The molecule has 0 bridgehead atoms. The molecule has 0 saturated heterocycles. The Kier molecular flexibility index (Phi) is 4.58. The highest BCUT2D eigenvalue weighted by atomic mass is 79.9. The van der Waals surface area contributed by atoms with Crippen molar-refractivity contribution in [3.05, 3.63) is 67.9 Å². The van der Waals surface area contributed by atoms with Gasteiger partial charge >= 0.3 is 0 Å². The normalized spacial score (nSPS) is 12.5. The number of hydrogen-bond donors (Lipinski definition) is 0. The first-order valence-electron chi connectivity index (χ1n) is 5.14. The molecule has 0 aliphatic heterocycles. The van der Waals surface area contributed by atoms with Crippen molar-refractivity contribution in [3.8, 4) is 0 Å². The van der Waals surface area contributed by atoms with Crippen LogP contribution >= 0.6 is 43.5 Å². The van der Waals surface area contributed by atoms with Gasteiger partial charge in [-0.1, -0.05) is 37.9 Å². The Morgan fingerprint density at radius 1 is 0.895 bits per heavy atom. The van der Waals surface area contributed by atoms with Crippen molar-refractivity contribution < 1.29 is 13.2 Å². The van der Waals surface area contributed by atoms with Gasteiger partial charge in [-0.2, -0.15) is 0 Å². The average Bonchev–Trinajstić information content (AvgIpc) is 2.38. The van der Waals surface area contributed by atoms with E-state index in [2.05, 4.69) is 31.9 Å². The lowest BCUT2D eigenvalue weighted by Gasteiger charge is -2.14. The Hall–Kier alpha value is -0.520. The second kappa shape index (κ2) is 5.85. The van der Waals surface area contributed by atoms with Gasteiger partial charge in [0.2, 0.25) is 0 Å². The topological polar surface area (TPSA) is 0 Å². The molecule has 0 spiro atoms. The van der Waals surface area contributed by atoms with Gasteiger partial charge in [0, 0.05) is 14.5 Å². The summed E-state index contributed by atoms with van der Waals surface area (Å²) in [5, 5.41) is -0.929. The lowest BCUT2D eigenvalue weighted by atomic mass is 10.0. The zero-order chi connectivity index (χ0) is 14.2. The fourth-order valence-electron chi connectivity index (χ4n) is 1.61. The number of rotatable bonds is 2. The van der Waals surface area contributed by atoms with Crippen LogP contribution in [0.15, 0.2) is 39.3 Å². The van der Waals surface area contributed by atoms with Gasteiger partial charge in [-0.05, 0) is 29.8 Å². The molecular weight excluding hydrogens is 408 g/mol. The fraction of sp³-hybridized carbons (Fsp3) is 0.0769. The smallest absolute Gasteiger partial charge is 0.194 e. The first-order valence-corrected chi connectivity index (χ1v) is 7.16. The summed E-state index contributed by atoms with van der Waals surface area (Å²) in [6.45, 7) is 0. The Bertz CT molecular complexity index is 632. The van der Waals surface area contributed by atoms with Gasteiger partial charge in [-0.25, -0.2) is 13.2 Å². The third-order valence-electron chi connectivity index (χ3n) is 2.57. The van der Waals surface area contributed by atoms with Crippen LogP contribution in [0.1, 0.15) is 16.5 Å². The van der Waals surface area contributed by atoms with Crippen LogP contribution in [0.2, 0.25) is 0 Å². The quantitative estimate of drug-likeness (QED) is 0.420. The molecule has 0 aliphatic rings. The molecule has 6 heteroatoms. The molecule has 0 nitrogen and oxygen atoms in total. The molecule has 0 aliphatic carbocycles. The lowest BCUT2D eigenvalue weighted by molar-refractivity contribution is 0.441. The predicted molar refractivity (Wildman–Crippen MR) is 75.9 cm³/mol. The van der Waals surface area contributed by atoms with Crippen LogP contribution in [-0.2, 0) is 0 Å². The summed E-state index contributed by atoms with van der Waals surface area (Å²) in [7, 11) is 0. The minimum Gasteiger partial charge on any atom is -0.204 e. The maximum atomic E-state index is 13.7. The fourth-order valence-corrected chi connectivity index (χ4v) is 2.95. The van der Waals surface area contributed by atoms with Crippen LogP contribution in [-0.4, -0.2) is 0 Å². The van der Waals surface area contributed by atoms with E-state index in [9.17, 15) is 13.2 Å². The van der Waals surface area contributed by atoms with Crippen molar-refractivity contribution in [3.63, 3.8) is 0 Å². The number of hydrogen-bond acceptors (Lipinski definition) is 0. The third kappa shape index (κ3) is 2.98. The zero-order valence-electron chi connectivity index (χ0n) is 9.23. The highest BCUT2D eigenvalue weighted by Crippen LogP contribution is 2.37. The number of benzene rings is 2. The van der Waals surface area contributed by atoms with E-state index >= 15 is 0 Å². The average molecular weight is 414 g/mol. The second-order valence-electron chi connectivity index (χ2n) is 3.79. The van der Waals surface area contributed by atoms with E-state index in [-0.39, 0.29) is 5.56 Å². The molecule has 0 N–H and O–H groups in total. The zero-order valence-corrected chi connectivity index (χ0v) is 13.2. The van der Waals surface area contributed by atoms with Gasteiger partial charge in [-0.15, -0.1) is 11.6 Å². The van der Waals surface area contributed by atoms with Gasteiger partial charge < -0.3 is 0 Å². The van der Waals surface area contributed by atoms with Crippen molar-refractivity contribution in [2.45, 2.75) is 5.38 Å². The summed E-state index contributed by atoms with van der Waals surface area (Å²) in [6, 6.07) is 7.18. The standard InChI is InChI=1S/C13H6Br2ClF3/c14-6-1-3-9(15)8(5-6)11(16)7-2-4-10(17)13(19)12(7)18/h1-5,11H. The maximum absolute atomic E-state index is 13.7. The molecule has 0 saturated carbocycles. The molecule has 0 fully saturated rings. The van der Waals surface area contributed by atoms with E-state index in [0.717, 1.165) is 16.6 Å². The third-order valence-corrected chi connectivity index (χ3v) is 4.25. The molecule has 1 unspecified atom stereocenters. The van der Waals surface area contributed by atoms with Gasteiger partial charge in [-0.3, -0.25) is 0 Å². The van der Waals surface area contributed by atoms with Crippen molar-refractivity contribution in [1.82, 2.24) is 0 Å². The summed E-state index contributed by atoms with van der Waals surface area (Å²) >= 11 is 12.7. The van der Waals surface area contributed by atoms with E-state index in [0.29, 0.717) is 10.0 Å². The monoisotopic (exact) mass is 412 g/mol. The van der Waals surface area contributed by atoms with Gasteiger partial charge in [0.15, 0.2) is 17.5 Å². The van der Waals surface area contributed by atoms with Crippen LogP contribution in [0.4, 0.5) is 13.2 Å². The Morgan fingerprint density at radius 2 is 1.58 bits per heavy atom. The molecule has 0 radical (unpaired) electrons.